The van der Waals surface area contributed by atoms with Crippen LogP contribution in [0.5, 0.6) is 0 Å². The summed E-state index contributed by atoms with van der Waals surface area (Å²) in [5, 5.41) is 3.42. The molecule has 0 aromatic carbocycles. The van der Waals surface area contributed by atoms with Gasteiger partial charge in [-0.15, -0.1) is 0 Å². The summed E-state index contributed by atoms with van der Waals surface area (Å²) in [6.45, 7) is 5.14. The Morgan fingerprint density at radius 1 is 1.53 bits per heavy atom. The van der Waals surface area contributed by atoms with E-state index in [-0.39, 0.29) is 0 Å². The monoisotopic (exact) mass is 355 g/mol. The van der Waals surface area contributed by atoms with E-state index in [1.165, 1.54) is 5.75 Å². The Kier molecular flexibility index (Phi) is 6.34. The van der Waals surface area contributed by atoms with Crippen molar-refractivity contribution in [3.05, 3.63) is 21.0 Å². The predicted octanol–water partition coefficient (Wildman–Crippen LogP) is 4.04. The van der Waals surface area contributed by atoms with Crippen LogP contribution in [0.25, 0.3) is 0 Å². The van der Waals surface area contributed by atoms with Crippen molar-refractivity contribution in [2.75, 3.05) is 11.5 Å². The molecule has 0 saturated carbocycles. The number of hydrogen-bond donors (Lipinski definition) is 1. The molecule has 0 aliphatic heterocycles. The summed E-state index contributed by atoms with van der Waals surface area (Å²) >= 11 is 8.66. The van der Waals surface area contributed by atoms with Gasteiger partial charge in [-0.3, -0.25) is 0 Å². The van der Waals surface area contributed by atoms with E-state index in [2.05, 4.69) is 51.0 Å². The zero-order valence-corrected chi connectivity index (χ0v) is 12.8. The second-order valence-electron chi connectivity index (χ2n) is 3.28. The molecule has 1 heterocycles. The van der Waals surface area contributed by atoms with E-state index in [0.717, 1.165) is 27.2 Å². The molecule has 1 atom stereocenters. The number of rotatable bonds is 6. The highest BCUT2D eigenvalue weighted by Gasteiger charge is 2.07. The second kappa shape index (κ2) is 6.99. The normalized spacial score (nSPS) is 13.1. The Morgan fingerprint density at radius 2 is 2.27 bits per heavy atom. The molecule has 0 radical (unpaired) electrons. The van der Waals surface area contributed by atoms with Crippen molar-refractivity contribution in [2.24, 2.45) is 0 Å². The fourth-order valence-corrected chi connectivity index (χ4v) is 2.47. The van der Waals surface area contributed by atoms with Crippen molar-refractivity contribution in [2.45, 2.75) is 26.4 Å². The number of halogens is 2. The van der Waals surface area contributed by atoms with E-state index in [1.807, 2.05) is 17.8 Å². The molecule has 0 aliphatic rings. The lowest BCUT2D eigenvalue weighted by atomic mass is 10.3. The lowest BCUT2D eigenvalue weighted by molar-refractivity contribution is 0.451. The first-order valence-corrected chi connectivity index (χ1v) is 7.62. The molecule has 15 heavy (non-hydrogen) atoms. The molecule has 1 rings (SSSR count). The molecule has 0 saturated heterocycles. The van der Waals surface area contributed by atoms with E-state index in [9.17, 15) is 0 Å². The predicted molar refractivity (Wildman–Crippen MR) is 73.4 cm³/mol. The highest BCUT2D eigenvalue weighted by Crippen LogP contribution is 2.26. The van der Waals surface area contributed by atoms with Crippen LogP contribution in [0.1, 0.15) is 19.6 Å². The molecule has 0 bridgehead atoms. The SMILES string of the molecule is CCSCC(C)NCc1cc(Br)c(Br)o1. The lowest BCUT2D eigenvalue weighted by Crippen LogP contribution is -2.27. The zero-order chi connectivity index (χ0) is 11.3. The molecule has 1 aromatic rings. The third-order valence-electron chi connectivity index (χ3n) is 1.89. The smallest absolute Gasteiger partial charge is 0.183 e. The highest BCUT2D eigenvalue weighted by molar-refractivity contribution is 9.13. The van der Waals surface area contributed by atoms with Crippen LogP contribution in [0, 0.1) is 0 Å². The second-order valence-corrected chi connectivity index (χ2v) is 6.17. The number of thioether (sulfide) groups is 1. The fourth-order valence-electron chi connectivity index (χ4n) is 1.11. The maximum Gasteiger partial charge on any atom is 0.183 e. The molecule has 1 N–H and O–H groups in total. The van der Waals surface area contributed by atoms with Crippen LogP contribution in [-0.2, 0) is 6.54 Å². The average molecular weight is 357 g/mol. The summed E-state index contributed by atoms with van der Waals surface area (Å²) in [7, 11) is 0. The van der Waals surface area contributed by atoms with Crippen LogP contribution in [0.2, 0.25) is 0 Å². The van der Waals surface area contributed by atoms with Crippen molar-refractivity contribution < 1.29 is 4.42 Å². The summed E-state index contributed by atoms with van der Waals surface area (Å²) in [5.74, 6) is 3.26. The van der Waals surface area contributed by atoms with Gasteiger partial charge in [-0.25, -0.2) is 0 Å². The van der Waals surface area contributed by atoms with Crippen molar-refractivity contribution in [1.82, 2.24) is 5.32 Å². The van der Waals surface area contributed by atoms with Gasteiger partial charge in [0, 0.05) is 11.8 Å². The van der Waals surface area contributed by atoms with Gasteiger partial charge < -0.3 is 9.73 Å². The summed E-state index contributed by atoms with van der Waals surface area (Å²) < 4.78 is 7.20. The van der Waals surface area contributed by atoms with Gasteiger partial charge in [0.1, 0.15) is 5.76 Å². The molecule has 86 valence electrons. The van der Waals surface area contributed by atoms with E-state index in [4.69, 9.17) is 4.42 Å². The minimum atomic E-state index is 0.512. The third kappa shape index (κ3) is 4.93. The molecule has 5 heteroatoms. The van der Waals surface area contributed by atoms with Crippen molar-refractivity contribution in [3.8, 4) is 0 Å². The molecule has 0 spiro atoms. The Morgan fingerprint density at radius 3 is 2.80 bits per heavy atom. The Hall–Kier alpha value is 0.550. The molecule has 0 fully saturated rings. The quantitative estimate of drug-likeness (QED) is 0.832. The molecule has 1 aromatic heterocycles. The summed E-state index contributed by atoms with van der Waals surface area (Å²) in [6, 6.07) is 2.49. The van der Waals surface area contributed by atoms with Gasteiger partial charge in [-0.1, -0.05) is 6.92 Å². The Labute approximate surface area is 112 Å². The Balaban J connectivity index is 2.30. The van der Waals surface area contributed by atoms with E-state index in [1.54, 1.807) is 0 Å². The van der Waals surface area contributed by atoms with Crippen LogP contribution in [-0.4, -0.2) is 17.5 Å². The lowest BCUT2D eigenvalue weighted by Gasteiger charge is -2.11. The maximum atomic E-state index is 5.47. The van der Waals surface area contributed by atoms with Crippen LogP contribution in [0.4, 0.5) is 0 Å². The third-order valence-corrected chi connectivity index (χ3v) is 4.75. The molecule has 0 amide bonds. The van der Waals surface area contributed by atoms with Crippen molar-refractivity contribution >= 4 is 43.6 Å². The van der Waals surface area contributed by atoms with E-state index < -0.39 is 0 Å². The minimum Gasteiger partial charge on any atom is -0.452 e. The van der Waals surface area contributed by atoms with E-state index in [0.29, 0.717) is 6.04 Å². The summed E-state index contributed by atoms with van der Waals surface area (Å²) in [6.07, 6.45) is 0. The maximum absolute atomic E-state index is 5.47. The van der Waals surface area contributed by atoms with Gasteiger partial charge in [0.25, 0.3) is 0 Å². The average Bonchev–Trinajstić information content (AvgIpc) is 2.52. The largest absolute Gasteiger partial charge is 0.452 e. The number of nitrogens with one attached hydrogen (secondary N) is 1. The van der Waals surface area contributed by atoms with Crippen LogP contribution >= 0.6 is 43.6 Å². The standard InChI is InChI=1S/C10H15Br2NOS/c1-3-15-6-7(2)13-5-8-4-9(11)10(12)14-8/h4,7,13H,3,5-6H2,1-2H3. The molecule has 1 unspecified atom stereocenters. The van der Waals surface area contributed by atoms with Crippen LogP contribution in [0.15, 0.2) is 19.6 Å². The summed E-state index contributed by atoms with van der Waals surface area (Å²) in [5.41, 5.74) is 0. The number of furan rings is 1. The van der Waals surface area contributed by atoms with Gasteiger partial charge >= 0.3 is 0 Å². The van der Waals surface area contributed by atoms with Crippen molar-refractivity contribution in [1.29, 1.82) is 0 Å². The van der Waals surface area contributed by atoms with Crippen LogP contribution in [0.3, 0.4) is 0 Å². The van der Waals surface area contributed by atoms with Gasteiger partial charge in [0.05, 0.1) is 11.0 Å². The van der Waals surface area contributed by atoms with Crippen LogP contribution < -0.4 is 5.32 Å². The molecule has 0 aliphatic carbocycles. The van der Waals surface area contributed by atoms with E-state index >= 15 is 0 Å². The molecular formula is C10H15Br2NOS. The van der Waals surface area contributed by atoms with Gasteiger partial charge in [0.2, 0.25) is 0 Å². The van der Waals surface area contributed by atoms with Gasteiger partial charge in [-0.05, 0) is 50.6 Å². The topological polar surface area (TPSA) is 25.2 Å². The first kappa shape index (κ1) is 13.6. The van der Waals surface area contributed by atoms with Crippen molar-refractivity contribution in [3.63, 3.8) is 0 Å². The highest BCUT2D eigenvalue weighted by atomic mass is 79.9. The Bertz CT molecular complexity index is 284. The molecular weight excluding hydrogens is 342 g/mol. The first-order chi connectivity index (χ1) is 7.13. The fraction of sp³-hybridized carbons (Fsp3) is 0.600. The number of hydrogen-bond acceptors (Lipinski definition) is 3. The zero-order valence-electron chi connectivity index (χ0n) is 8.85. The molecule has 2 nitrogen and oxygen atoms in total. The summed E-state index contributed by atoms with van der Waals surface area (Å²) in [4.78, 5) is 0. The van der Waals surface area contributed by atoms with Gasteiger partial charge in [-0.2, -0.15) is 11.8 Å². The van der Waals surface area contributed by atoms with Gasteiger partial charge in [0.15, 0.2) is 4.67 Å². The first-order valence-electron chi connectivity index (χ1n) is 4.88. The minimum absolute atomic E-state index is 0.512.